The predicted octanol–water partition coefficient (Wildman–Crippen LogP) is 2.82. The number of nitrogens with one attached hydrogen (secondary N) is 1. The SMILES string of the molecule is CC(C)(C)OC(=O)CCn1ccc2ccc(N3CCC(=O)NC3=O)cc21. The predicted molar refractivity (Wildman–Crippen MR) is 97.9 cm³/mol. The lowest BCUT2D eigenvalue weighted by atomic mass is 10.2. The molecule has 2 aromatic rings. The van der Waals surface area contributed by atoms with Crippen LogP contribution in [0.15, 0.2) is 30.5 Å². The third-order valence-corrected chi connectivity index (χ3v) is 4.10. The monoisotopic (exact) mass is 357 g/mol. The van der Waals surface area contributed by atoms with E-state index < -0.39 is 11.6 Å². The number of rotatable bonds is 4. The van der Waals surface area contributed by atoms with Crippen LogP contribution in [0.5, 0.6) is 0 Å². The first-order valence-electron chi connectivity index (χ1n) is 8.65. The Labute approximate surface area is 151 Å². The molecule has 7 heteroatoms. The maximum atomic E-state index is 12.0. The number of imide groups is 1. The van der Waals surface area contributed by atoms with E-state index in [1.165, 1.54) is 0 Å². The third kappa shape index (κ3) is 4.04. The number of hydrogen-bond donors (Lipinski definition) is 1. The highest BCUT2D eigenvalue weighted by molar-refractivity contribution is 6.06. The Bertz CT molecular complexity index is 863. The normalized spacial score (nSPS) is 15.3. The summed E-state index contributed by atoms with van der Waals surface area (Å²) >= 11 is 0. The van der Waals surface area contributed by atoms with Crippen LogP contribution in [-0.2, 0) is 20.9 Å². The number of urea groups is 1. The Hall–Kier alpha value is -2.83. The molecule has 1 aromatic carbocycles. The van der Waals surface area contributed by atoms with Crippen LogP contribution in [0.25, 0.3) is 10.9 Å². The molecule has 0 aliphatic carbocycles. The van der Waals surface area contributed by atoms with Crippen LogP contribution in [0.4, 0.5) is 10.5 Å². The van der Waals surface area contributed by atoms with Gasteiger partial charge in [0.2, 0.25) is 5.91 Å². The number of esters is 1. The fraction of sp³-hybridized carbons (Fsp3) is 0.421. The summed E-state index contributed by atoms with van der Waals surface area (Å²) in [5.74, 6) is -0.502. The summed E-state index contributed by atoms with van der Waals surface area (Å²) in [5.41, 5.74) is 1.15. The lowest BCUT2D eigenvalue weighted by Gasteiger charge is -2.26. The van der Waals surface area contributed by atoms with Crippen LogP contribution < -0.4 is 10.2 Å². The number of anilines is 1. The van der Waals surface area contributed by atoms with Crippen molar-refractivity contribution in [1.29, 1.82) is 0 Å². The van der Waals surface area contributed by atoms with Crippen molar-refractivity contribution in [3.8, 4) is 0 Å². The molecule has 3 amide bonds. The number of hydrogen-bond acceptors (Lipinski definition) is 4. The highest BCUT2D eigenvalue weighted by Gasteiger charge is 2.24. The van der Waals surface area contributed by atoms with Crippen LogP contribution in [0, 0.1) is 0 Å². The topological polar surface area (TPSA) is 80.6 Å². The molecule has 1 N–H and O–H groups in total. The van der Waals surface area contributed by atoms with Crippen LogP contribution in [0.1, 0.15) is 33.6 Å². The van der Waals surface area contributed by atoms with E-state index in [-0.39, 0.29) is 24.7 Å². The summed E-state index contributed by atoms with van der Waals surface area (Å²) in [6.07, 6.45) is 2.46. The van der Waals surface area contributed by atoms with Crippen molar-refractivity contribution >= 4 is 34.5 Å². The van der Waals surface area contributed by atoms with Gasteiger partial charge in [-0.3, -0.25) is 19.8 Å². The lowest BCUT2D eigenvalue weighted by molar-refractivity contribution is -0.155. The average molecular weight is 357 g/mol. The largest absolute Gasteiger partial charge is 0.460 e. The van der Waals surface area contributed by atoms with Crippen LogP contribution in [0.2, 0.25) is 0 Å². The molecule has 0 atom stereocenters. The molecule has 2 heterocycles. The van der Waals surface area contributed by atoms with Gasteiger partial charge in [-0.2, -0.15) is 0 Å². The summed E-state index contributed by atoms with van der Waals surface area (Å²) in [4.78, 5) is 36.9. The Morgan fingerprint density at radius 2 is 2.00 bits per heavy atom. The standard InChI is InChI=1S/C19H23N3O4/c1-19(2,3)26-17(24)8-10-21-9-6-13-4-5-14(12-15(13)21)22-11-7-16(23)20-18(22)25/h4-6,9,12H,7-8,10-11H2,1-3H3,(H,20,23,25). The van der Waals surface area contributed by atoms with E-state index in [0.29, 0.717) is 13.1 Å². The van der Waals surface area contributed by atoms with Crippen molar-refractivity contribution in [3.05, 3.63) is 30.5 Å². The number of benzene rings is 1. The van der Waals surface area contributed by atoms with Gasteiger partial charge in [-0.25, -0.2) is 4.79 Å². The maximum absolute atomic E-state index is 12.0. The van der Waals surface area contributed by atoms with Crippen LogP contribution in [-0.4, -0.2) is 34.6 Å². The highest BCUT2D eigenvalue weighted by Crippen LogP contribution is 2.25. The fourth-order valence-electron chi connectivity index (χ4n) is 2.95. The summed E-state index contributed by atoms with van der Waals surface area (Å²) in [5, 5.41) is 3.35. The Kier molecular flexibility index (Phi) is 4.71. The summed E-state index contributed by atoms with van der Waals surface area (Å²) in [6.45, 7) is 6.38. The first kappa shape index (κ1) is 18.0. The zero-order chi connectivity index (χ0) is 18.9. The molecule has 0 spiro atoms. The Balaban J connectivity index is 1.77. The van der Waals surface area contributed by atoms with Crippen molar-refractivity contribution in [2.75, 3.05) is 11.4 Å². The Morgan fingerprint density at radius 1 is 1.23 bits per heavy atom. The van der Waals surface area contributed by atoms with E-state index in [4.69, 9.17) is 4.74 Å². The minimum absolute atomic E-state index is 0.246. The molecular weight excluding hydrogens is 334 g/mol. The van der Waals surface area contributed by atoms with Crippen molar-refractivity contribution in [2.45, 2.75) is 45.8 Å². The van der Waals surface area contributed by atoms with E-state index in [1.54, 1.807) is 4.90 Å². The number of amides is 3. The summed E-state index contributed by atoms with van der Waals surface area (Å²) < 4.78 is 7.31. The van der Waals surface area contributed by atoms with Crippen molar-refractivity contribution in [3.63, 3.8) is 0 Å². The van der Waals surface area contributed by atoms with E-state index in [2.05, 4.69) is 5.32 Å². The number of carbonyl (C=O) groups excluding carboxylic acids is 3. The molecule has 0 bridgehead atoms. The number of fused-ring (bicyclic) bond motifs is 1. The van der Waals surface area contributed by atoms with Gasteiger partial charge in [0.15, 0.2) is 0 Å². The zero-order valence-corrected chi connectivity index (χ0v) is 15.2. The molecule has 1 saturated heterocycles. The maximum Gasteiger partial charge on any atom is 0.328 e. The molecule has 1 aliphatic rings. The second kappa shape index (κ2) is 6.82. The van der Waals surface area contributed by atoms with Gasteiger partial charge in [-0.1, -0.05) is 6.07 Å². The molecule has 3 rings (SSSR count). The fourth-order valence-corrected chi connectivity index (χ4v) is 2.95. The van der Waals surface area contributed by atoms with Gasteiger partial charge in [0.25, 0.3) is 0 Å². The number of aromatic nitrogens is 1. The molecule has 1 fully saturated rings. The Morgan fingerprint density at radius 3 is 2.69 bits per heavy atom. The molecule has 1 aliphatic heterocycles. The number of ether oxygens (including phenoxy) is 1. The molecular formula is C19H23N3O4. The zero-order valence-electron chi connectivity index (χ0n) is 15.2. The summed E-state index contributed by atoms with van der Waals surface area (Å²) in [7, 11) is 0. The third-order valence-electron chi connectivity index (χ3n) is 4.10. The van der Waals surface area contributed by atoms with Gasteiger partial charge in [-0.15, -0.1) is 0 Å². The minimum Gasteiger partial charge on any atom is -0.460 e. The number of aryl methyl sites for hydroxylation is 1. The van der Waals surface area contributed by atoms with Gasteiger partial charge >= 0.3 is 12.0 Å². The molecule has 7 nitrogen and oxygen atoms in total. The average Bonchev–Trinajstić information content (AvgIpc) is 2.93. The van der Waals surface area contributed by atoms with Gasteiger partial charge in [-0.05, 0) is 44.4 Å². The smallest absolute Gasteiger partial charge is 0.328 e. The van der Waals surface area contributed by atoms with Gasteiger partial charge in [0.05, 0.1) is 11.9 Å². The van der Waals surface area contributed by atoms with Crippen LogP contribution in [0.3, 0.4) is 0 Å². The molecule has 0 saturated carbocycles. The molecule has 0 radical (unpaired) electrons. The van der Waals surface area contributed by atoms with Gasteiger partial charge in [0.1, 0.15) is 5.60 Å². The van der Waals surface area contributed by atoms with E-state index in [1.807, 2.05) is 55.8 Å². The molecule has 138 valence electrons. The number of nitrogens with zero attached hydrogens (tertiary/aromatic N) is 2. The first-order valence-corrected chi connectivity index (χ1v) is 8.65. The molecule has 0 unspecified atom stereocenters. The van der Waals surface area contributed by atoms with Crippen molar-refractivity contribution in [1.82, 2.24) is 9.88 Å². The van der Waals surface area contributed by atoms with E-state index in [0.717, 1.165) is 16.6 Å². The van der Waals surface area contributed by atoms with E-state index in [9.17, 15) is 14.4 Å². The van der Waals surface area contributed by atoms with E-state index >= 15 is 0 Å². The molecule has 26 heavy (non-hydrogen) atoms. The number of carbonyl (C=O) groups is 3. The first-order chi connectivity index (χ1) is 12.2. The molecule has 1 aromatic heterocycles. The second-order valence-corrected chi connectivity index (χ2v) is 7.34. The van der Waals surface area contributed by atoms with Gasteiger partial charge < -0.3 is 9.30 Å². The summed E-state index contributed by atoms with van der Waals surface area (Å²) in [6, 6.07) is 7.25. The lowest BCUT2D eigenvalue weighted by Crippen LogP contribution is -2.49. The minimum atomic E-state index is -0.498. The van der Waals surface area contributed by atoms with Crippen molar-refractivity contribution in [2.24, 2.45) is 0 Å². The van der Waals surface area contributed by atoms with Crippen molar-refractivity contribution < 1.29 is 19.1 Å². The quantitative estimate of drug-likeness (QED) is 0.853. The second-order valence-electron chi connectivity index (χ2n) is 7.34. The van der Waals surface area contributed by atoms with Crippen LogP contribution >= 0.6 is 0 Å². The van der Waals surface area contributed by atoms with Gasteiger partial charge in [0, 0.05) is 31.4 Å². The highest BCUT2D eigenvalue weighted by atomic mass is 16.6.